The van der Waals surface area contributed by atoms with E-state index in [1.165, 1.54) is 7.05 Å². The third-order valence-electron chi connectivity index (χ3n) is 2.11. The summed E-state index contributed by atoms with van der Waals surface area (Å²) in [6.45, 7) is -0.626. The highest BCUT2D eigenvalue weighted by molar-refractivity contribution is 5.74. The van der Waals surface area contributed by atoms with Crippen LogP contribution >= 0.6 is 0 Å². The molecule has 10 heteroatoms. The van der Waals surface area contributed by atoms with Gasteiger partial charge in [0.25, 0.3) is 0 Å². The summed E-state index contributed by atoms with van der Waals surface area (Å²) in [4.78, 5) is 24.3. The average Bonchev–Trinajstić information content (AvgIpc) is 2.25. The van der Waals surface area contributed by atoms with Gasteiger partial charge in [-0.05, 0) is 0 Å². The zero-order valence-electron chi connectivity index (χ0n) is 9.51. The summed E-state index contributed by atoms with van der Waals surface area (Å²) >= 11 is 0. The number of nitro groups is 1. The summed E-state index contributed by atoms with van der Waals surface area (Å²) < 4.78 is 37.2. The van der Waals surface area contributed by atoms with Crippen LogP contribution in [0.25, 0.3) is 0 Å². The second-order valence-electron chi connectivity index (χ2n) is 3.57. The number of aliphatic carboxylic acids is 1. The van der Waals surface area contributed by atoms with Crippen LogP contribution in [0.4, 0.5) is 24.7 Å². The van der Waals surface area contributed by atoms with Crippen LogP contribution in [0.2, 0.25) is 0 Å². The molecule has 0 aliphatic heterocycles. The number of hydrogen-bond donors (Lipinski definition) is 1. The van der Waals surface area contributed by atoms with E-state index in [0.717, 1.165) is 4.90 Å². The van der Waals surface area contributed by atoms with Gasteiger partial charge in [-0.25, -0.2) is 4.98 Å². The maximum absolute atomic E-state index is 12.4. The van der Waals surface area contributed by atoms with Gasteiger partial charge in [-0.1, -0.05) is 0 Å². The normalized spacial score (nSPS) is 11.2. The molecule has 1 aromatic rings. The van der Waals surface area contributed by atoms with Crippen LogP contribution in [0.1, 0.15) is 5.56 Å². The Balaban J connectivity index is 3.26. The third-order valence-corrected chi connectivity index (χ3v) is 2.11. The molecular formula is C9H8F3N3O4. The Morgan fingerprint density at radius 2 is 2.16 bits per heavy atom. The zero-order valence-corrected chi connectivity index (χ0v) is 9.51. The Kier molecular flexibility index (Phi) is 3.92. The molecule has 0 aromatic carbocycles. The molecule has 0 spiro atoms. The first-order valence-electron chi connectivity index (χ1n) is 4.77. The second-order valence-corrected chi connectivity index (χ2v) is 3.57. The Hall–Kier alpha value is -2.39. The summed E-state index contributed by atoms with van der Waals surface area (Å²) in [6, 6.07) is 0.320. The molecule has 7 nitrogen and oxygen atoms in total. The lowest BCUT2D eigenvalue weighted by Gasteiger charge is -2.16. The summed E-state index contributed by atoms with van der Waals surface area (Å²) in [7, 11) is 1.18. The minimum atomic E-state index is -4.76. The molecule has 0 fully saturated rings. The molecule has 0 saturated carbocycles. The van der Waals surface area contributed by atoms with Crippen LogP contribution in [-0.4, -0.2) is 34.6 Å². The molecule has 104 valence electrons. The molecule has 0 unspecified atom stereocenters. The van der Waals surface area contributed by atoms with Crippen molar-refractivity contribution in [2.75, 3.05) is 18.5 Å². The van der Waals surface area contributed by atoms with E-state index in [4.69, 9.17) is 5.11 Å². The summed E-state index contributed by atoms with van der Waals surface area (Å²) in [5, 5.41) is 19.3. The number of likely N-dealkylation sites (N-methyl/N-ethyl adjacent to an activating group) is 1. The van der Waals surface area contributed by atoms with Gasteiger partial charge < -0.3 is 10.0 Å². The number of carboxylic acid groups (broad SMARTS) is 1. The Bertz CT molecular complexity index is 518. The van der Waals surface area contributed by atoms with E-state index in [-0.39, 0.29) is 0 Å². The molecule has 0 saturated heterocycles. The lowest BCUT2D eigenvalue weighted by atomic mass is 10.2. The van der Waals surface area contributed by atoms with Crippen LogP contribution in [-0.2, 0) is 11.0 Å². The van der Waals surface area contributed by atoms with Gasteiger partial charge in [-0.2, -0.15) is 13.2 Å². The number of carboxylic acids is 1. The first kappa shape index (κ1) is 14.7. The van der Waals surface area contributed by atoms with E-state index >= 15 is 0 Å². The van der Waals surface area contributed by atoms with E-state index < -0.39 is 40.7 Å². The van der Waals surface area contributed by atoms with E-state index in [0.29, 0.717) is 12.3 Å². The van der Waals surface area contributed by atoms with Crippen LogP contribution in [0.5, 0.6) is 0 Å². The van der Waals surface area contributed by atoms with E-state index in [1.54, 1.807) is 0 Å². The molecule has 1 N–H and O–H groups in total. The highest BCUT2D eigenvalue weighted by Crippen LogP contribution is 2.34. The number of aromatic nitrogens is 1. The Morgan fingerprint density at radius 3 is 2.58 bits per heavy atom. The molecule has 1 rings (SSSR count). The number of halogens is 3. The molecule has 19 heavy (non-hydrogen) atoms. The van der Waals surface area contributed by atoms with Crippen molar-refractivity contribution in [3.63, 3.8) is 0 Å². The van der Waals surface area contributed by atoms with Crippen LogP contribution in [0.3, 0.4) is 0 Å². The maximum Gasteiger partial charge on any atom is 0.418 e. The molecule has 1 heterocycles. The van der Waals surface area contributed by atoms with E-state index in [1.807, 2.05) is 0 Å². The average molecular weight is 279 g/mol. The van der Waals surface area contributed by atoms with Crippen LogP contribution < -0.4 is 4.90 Å². The Morgan fingerprint density at radius 1 is 1.58 bits per heavy atom. The molecular weight excluding hydrogens is 271 g/mol. The second kappa shape index (κ2) is 5.08. The number of anilines is 1. The first-order valence-corrected chi connectivity index (χ1v) is 4.77. The van der Waals surface area contributed by atoms with E-state index in [2.05, 4.69) is 4.98 Å². The van der Waals surface area contributed by atoms with Crippen LogP contribution in [0.15, 0.2) is 12.3 Å². The molecule has 0 bridgehead atoms. The zero-order chi connectivity index (χ0) is 14.8. The van der Waals surface area contributed by atoms with Crippen molar-refractivity contribution >= 4 is 17.5 Å². The number of pyridine rings is 1. The van der Waals surface area contributed by atoms with Crippen molar-refractivity contribution in [3.8, 4) is 0 Å². The third kappa shape index (κ3) is 3.53. The largest absolute Gasteiger partial charge is 0.480 e. The minimum Gasteiger partial charge on any atom is -0.480 e. The number of nitrogens with zero attached hydrogens (tertiary/aromatic N) is 3. The molecule has 0 amide bonds. The molecule has 0 aliphatic carbocycles. The SMILES string of the molecule is CN(CC(=O)O)c1ncc(C(F)(F)F)cc1[N+](=O)[O-]. The van der Waals surface area contributed by atoms with Gasteiger partial charge in [-0.15, -0.1) is 0 Å². The number of carbonyl (C=O) groups is 1. The van der Waals surface area contributed by atoms with Crippen molar-refractivity contribution < 1.29 is 28.0 Å². The molecule has 1 aromatic heterocycles. The fourth-order valence-corrected chi connectivity index (χ4v) is 1.31. The van der Waals surface area contributed by atoms with Crippen LogP contribution in [0, 0.1) is 10.1 Å². The summed E-state index contributed by atoms with van der Waals surface area (Å²) in [6.07, 6.45) is -4.34. The lowest BCUT2D eigenvalue weighted by Crippen LogP contribution is -2.27. The minimum absolute atomic E-state index is 0.320. The van der Waals surface area contributed by atoms with Gasteiger partial charge >= 0.3 is 17.8 Å². The summed E-state index contributed by atoms with van der Waals surface area (Å²) in [5.41, 5.74) is -2.18. The first-order chi connectivity index (χ1) is 8.62. The predicted molar refractivity (Wildman–Crippen MR) is 56.8 cm³/mol. The number of rotatable bonds is 4. The fraction of sp³-hybridized carbons (Fsp3) is 0.333. The number of hydrogen-bond acceptors (Lipinski definition) is 5. The standard InChI is InChI=1S/C9H8F3N3O4/c1-14(4-7(16)17)8-6(15(18)19)2-5(3-13-8)9(10,11)12/h2-3H,4H2,1H3,(H,16,17). The van der Waals surface area contributed by atoms with Crippen molar-refractivity contribution in [2.24, 2.45) is 0 Å². The highest BCUT2D eigenvalue weighted by atomic mass is 19.4. The van der Waals surface area contributed by atoms with Crippen molar-refractivity contribution in [1.82, 2.24) is 4.98 Å². The fourth-order valence-electron chi connectivity index (χ4n) is 1.31. The van der Waals surface area contributed by atoms with Gasteiger partial charge in [0.15, 0.2) is 0 Å². The van der Waals surface area contributed by atoms with Gasteiger partial charge in [-0.3, -0.25) is 14.9 Å². The van der Waals surface area contributed by atoms with Gasteiger partial charge in [0.1, 0.15) is 6.54 Å². The van der Waals surface area contributed by atoms with Gasteiger partial charge in [0.05, 0.1) is 10.5 Å². The highest BCUT2D eigenvalue weighted by Gasteiger charge is 2.34. The Labute approximate surface area is 104 Å². The molecule has 0 radical (unpaired) electrons. The van der Waals surface area contributed by atoms with Gasteiger partial charge in [0, 0.05) is 19.3 Å². The van der Waals surface area contributed by atoms with Crippen molar-refractivity contribution in [1.29, 1.82) is 0 Å². The molecule has 0 atom stereocenters. The van der Waals surface area contributed by atoms with Crippen molar-refractivity contribution in [2.45, 2.75) is 6.18 Å². The predicted octanol–water partition coefficient (Wildman–Crippen LogP) is 1.53. The monoisotopic (exact) mass is 279 g/mol. The smallest absolute Gasteiger partial charge is 0.418 e. The van der Waals surface area contributed by atoms with Gasteiger partial charge in [0.2, 0.25) is 5.82 Å². The topological polar surface area (TPSA) is 96.6 Å². The van der Waals surface area contributed by atoms with Crippen molar-refractivity contribution in [3.05, 3.63) is 27.9 Å². The number of alkyl halides is 3. The van der Waals surface area contributed by atoms with E-state index in [9.17, 15) is 28.1 Å². The lowest BCUT2D eigenvalue weighted by molar-refractivity contribution is -0.384. The maximum atomic E-state index is 12.4. The molecule has 0 aliphatic rings. The summed E-state index contributed by atoms with van der Waals surface area (Å²) in [5.74, 6) is -1.74. The quantitative estimate of drug-likeness (QED) is 0.663.